The van der Waals surface area contributed by atoms with Crippen molar-refractivity contribution in [2.45, 2.75) is 46.6 Å². The largest absolute Gasteiger partial charge is 0.377 e. The molecule has 84 valence electrons. The van der Waals surface area contributed by atoms with Gasteiger partial charge in [-0.15, -0.1) is 0 Å². The average Bonchev–Trinajstić information content (AvgIpc) is 2.14. The third kappa shape index (κ3) is 3.25. The van der Waals surface area contributed by atoms with E-state index in [1.165, 1.54) is 12.8 Å². The summed E-state index contributed by atoms with van der Waals surface area (Å²) in [6, 6.07) is 0. The maximum absolute atomic E-state index is 5.91. The molecule has 0 aromatic rings. The topological polar surface area (TPSA) is 21.3 Å². The van der Waals surface area contributed by atoms with Gasteiger partial charge in [-0.2, -0.15) is 0 Å². The van der Waals surface area contributed by atoms with E-state index >= 15 is 0 Å². The zero-order valence-corrected chi connectivity index (χ0v) is 10.1. The van der Waals surface area contributed by atoms with Gasteiger partial charge in [-0.1, -0.05) is 27.7 Å². The van der Waals surface area contributed by atoms with E-state index in [2.05, 4.69) is 33.0 Å². The molecule has 0 aliphatic carbocycles. The van der Waals surface area contributed by atoms with Gasteiger partial charge in [0.25, 0.3) is 0 Å². The minimum atomic E-state index is 0.278. The molecule has 0 radical (unpaired) electrons. The number of hydrogen-bond donors (Lipinski definition) is 1. The molecule has 2 atom stereocenters. The predicted octanol–water partition coefficient (Wildman–Crippen LogP) is 2.44. The van der Waals surface area contributed by atoms with Crippen molar-refractivity contribution < 1.29 is 4.74 Å². The molecule has 1 fully saturated rings. The lowest BCUT2D eigenvalue weighted by Gasteiger charge is -2.40. The molecule has 1 N–H and O–H groups in total. The van der Waals surface area contributed by atoms with E-state index in [1.807, 2.05) is 0 Å². The van der Waals surface area contributed by atoms with Crippen LogP contribution in [0.4, 0.5) is 0 Å². The van der Waals surface area contributed by atoms with Gasteiger partial charge in [0.1, 0.15) is 0 Å². The van der Waals surface area contributed by atoms with Gasteiger partial charge in [0.15, 0.2) is 0 Å². The Morgan fingerprint density at radius 3 is 2.64 bits per heavy atom. The molecule has 2 heteroatoms. The van der Waals surface area contributed by atoms with Crippen LogP contribution in [0.15, 0.2) is 0 Å². The van der Waals surface area contributed by atoms with E-state index in [4.69, 9.17) is 4.74 Å². The Bertz CT molecular complexity index is 162. The summed E-state index contributed by atoms with van der Waals surface area (Å²) in [6.45, 7) is 12.1. The molecule has 1 aliphatic rings. The van der Waals surface area contributed by atoms with E-state index in [0.717, 1.165) is 19.7 Å². The first-order valence-electron chi connectivity index (χ1n) is 5.88. The van der Waals surface area contributed by atoms with Crippen LogP contribution in [0.5, 0.6) is 0 Å². The first-order chi connectivity index (χ1) is 6.55. The number of nitrogens with one attached hydrogen (secondary N) is 1. The lowest BCUT2D eigenvalue weighted by molar-refractivity contribution is -0.0843. The highest BCUT2D eigenvalue weighted by Gasteiger charge is 2.34. The Kier molecular flexibility index (Phi) is 4.39. The van der Waals surface area contributed by atoms with Crippen LogP contribution < -0.4 is 5.32 Å². The van der Waals surface area contributed by atoms with Crippen LogP contribution in [0.1, 0.15) is 40.5 Å². The van der Waals surface area contributed by atoms with Gasteiger partial charge >= 0.3 is 0 Å². The quantitative estimate of drug-likeness (QED) is 0.754. The molecular formula is C12H25NO. The second-order valence-electron chi connectivity index (χ2n) is 5.37. The van der Waals surface area contributed by atoms with E-state index in [9.17, 15) is 0 Å². The number of hydrogen-bond acceptors (Lipinski definition) is 2. The molecule has 0 saturated carbocycles. The third-order valence-corrected chi connectivity index (χ3v) is 2.95. The first kappa shape index (κ1) is 12.0. The van der Waals surface area contributed by atoms with Gasteiger partial charge in [0.05, 0.1) is 6.10 Å². The van der Waals surface area contributed by atoms with Gasteiger partial charge in [-0.25, -0.2) is 0 Å². The Labute approximate surface area is 88.4 Å². The lowest BCUT2D eigenvalue weighted by Crippen LogP contribution is -2.44. The summed E-state index contributed by atoms with van der Waals surface area (Å²) in [5.41, 5.74) is 0.278. The highest BCUT2D eigenvalue weighted by Crippen LogP contribution is 2.33. The van der Waals surface area contributed by atoms with Gasteiger partial charge in [0.2, 0.25) is 0 Å². The molecule has 2 nitrogen and oxygen atoms in total. The van der Waals surface area contributed by atoms with Gasteiger partial charge in [-0.3, -0.25) is 0 Å². The number of rotatable bonds is 3. The fourth-order valence-corrected chi connectivity index (χ4v) is 2.34. The summed E-state index contributed by atoms with van der Waals surface area (Å²) < 4.78 is 5.91. The maximum atomic E-state index is 5.91. The van der Waals surface area contributed by atoms with Crippen molar-refractivity contribution >= 4 is 0 Å². The molecule has 0 spiro atoms. The maximum Gasteiger partial charge on any atom is 0.0663 e. The van der Waals surface area contributed by atoms with Crippen molar-refractivity contribution in [3.8, 4) is 0 Å². The predicted molar refractivity (Wildman–Crippen MR) is 60.5 cm³/mol. The molecule has 0 amide bonds. The fraction of sp³-hybridized carbons (Fsp3) is 1.00. The minimum absolute atomic E-state index is 0.278. The summed E-state index contributed by atoms with van der Waals surface area (Å²) in [7, 11) is 0. The minimum Gasteiger partial charge on any atom is -0.377 e. The molecule has 1 saturated heterocycles. The molecule has 14 heavy (non-hydrogen) atoms. The molecule has 1 aliphatic heterocycles. The van der Waals surface area contributed by atoms with E-state index < -0.39 is 0 Å². The highest BCUT2D eigenvalue weighted by atomic mass is 16.5. The van der Waals surface area contributed by atoms with Crippen molar-refractivity contribution in [2.24, 2.45) is 11.3 Å². The Balaban J connectivity index is 2.50. The summed E-state index contributed by atoms with van der Waals surface area (Å²) in [5.74, 6) is 0.698. The molecule has 0 bridgehead atoms. The van der Waals surface area contributed by atoms with Crippen LogP contribution in [0.2, 0.25) is 0 Å². The Morgan fingerprint density at radius 1 is 1.36 bits per heavy atom. The molecule has 1 rings (SSSR count). The Morgan fingerprint density at radius 2 is 2.07 bits per heavy atom. The molecular weight excluding hydrogens is 174 g/mol. The van der Waals surface area contributed by atoms with Crippen molar-refractivity contribution in [1.29, 1.82) is 0 Å². The summed E-state index contributed by atoms with van der Waals surface area (Å²) in [5, 5.41) is 3.44. The van der Waals surface area contributed by atoms with E-state index in [1.54, 1.807) is 0 Å². The molecule has 2 unspecified atom stereocenters. The second kappa shape index (κ2) is 5.13. The standard InChI is InChI=1S/C12H25NO/c1-5-13-9-10-7-6-8-14-11(10)12(2,3)4/h10-11,13H,5-9H2,1-4H3. The van der Waals surface area contributed by atoms with Gasteiger partial charge in [0, 0.05) is 13.2 Å². The molecule has 0 aromatic carbocycles. The summed E-state index contributed by atoms with van der Waals surface area (Å²) in [6.07, 6.45) is 2.97. The van der Waals surface area contributed by atoms with E-state index in [0.29, 0.717) is 12.0 Å². The van der Waals surface area contributed by atoms with Crippen molar-refractivity contribution in [3.63, 3.8) is 0 Å². The van der Waals surface area contributed by atoms with Crippen LogP contribution in [-0.4, -0.2) is 25.8 Å². The SMILES string of the molecule is CCNCC1CCCOC1C(C)(C)C. The van der Waals surface area contributed by atoms with Crippen LogP contribution in [0, 0.1) is 11.3 Å². The van der Waals surface area contributed by atoms with Crippen molar-refractivity contribution in [2.75, 3.05) is 19.7 Å². The molecule has 0 aromatic heterocycles. The van der Waals surface area contributed by atoms with Gasteiger partial charge in [-0.05, 0) is 30.7 Å². The van der Waals surface area contributed by atoms with Crippen LogP contribution >= 0.6 is 0 Å². The van der Waals surface area contributed by atoms with Gasteiger partial charge < -0.3 is 10.1 Å². The van der Waals surface area contributed by atoms with Crippen LogP contribution in [0.3, 0.4) is 0 Å². The monoisotopic (exact) mass is 199 g/mol. The van der Waals surface area contributed by atoms with Crippen LogP contribution in [-0.2, 0) is 4.74 Å². The smallest absolute Gasteiger partial charge is 0.0663 e. The zero-order valence-electron chi connectivity index (χ0n) is 10.1. The van der Waals surface area contributed by atoms with Crippen molar-refractivity contribution in [3.05, 3.63) is 0 Å². The fourth-order valence-electron chi connectivity index (χ4n) is 2.34. The number of ether oxygens (including phenoxy) is 1. The second-order valence-corrected chi connectivity index (χ2v) is 5.37. The van der Waals surface area contributed by atoms with Crippen LogP contribution in [0.25, 0.3) is 0 Å². The van der Waals surface area contributed by atoms with E-state index in [-0.39, 0.29) is 5.41 Å². The first-order valence-corrected chi connectivity index (χ1v) is 5.88. The zero-order chi connectivity index (χ0) is 10.6. The highest BCUT2D eigenvalue weighted by molar-refractivity contribution is 4.85. The summed E-state index contributed by atoms with van der Waals surface area (Å²) in [4.78, 5) is 0. The normalized spacial score (nSPS) is 29.1. The third-order valence-electron chi connectivity index (χ3n) is 2.95. The molecule has 1 heterocycles. The average molecular weight is 199 g/mol. The lowest BCUT2D eigenvalue weighted by atomic mass is 9.78. The Hall–Kier alpha value is -0.0800. The van der Waals surface area contributed by atoms with Crippen molar-refractivity contribution in [1.82, 2.24) is 5.32 Å². The summed E-state index contributed by atoms with van der Waals surface area (Å²) >= 11 is 0.